The Bertz CT molecular complexity index is 396. The number of aryl methyl sites for hydroxylation is 1. The summed E-state index contributed by atoms with van der Waals surface area (Å²) in [7, 11) is 0. The van der Waals surface area contributed by atoms with Crippen molar-refractivity contribution in [1.29, 1.82) is 0 Å². The molecule has 88 valence electrons. The van der Waals surface area contributed by atoms with Crippen molar-refractivity contribution in [3.05, 3.63) is 33.8 Å². The fourth-order valence-corrected chi connectivity index (χ4v) is 1.66. The first-order valence-corrected chi connectivity index (χ1v) is 5.86. The van der Waals surface area contributed by atoms with Crippen molar-refractivity contribution in [2.45, 2.75) is 26.4 Å². The number of halogens is 1. The zero-order chi connectivity index (χ0) is 12.3. The van der Waals surface area contributed by atoms with Crippen molar-refractivity contribution < 1.29 is 9.90 Å². The molecule has 1 rings (SSSR count). The van der Waals surface area contributed by atoms with Gasteiger partial charge in [-0.25, -0.2) is 0 Å². The predicted octanol–water partition coefficient (Wildman–Crippen LogP) is 2.26. The van der Waals surface area contributed by atoms with Gasteiger partial charge in [0.25, 0.3) is 5.91 Å². The van der Waals surface area contributed by atoms with Gasteiger partial charge in [0.15, 0.2) is 0 Å². The normalized spacial score (nSPS) is 11.3. The topological polar surface area (TPSA) is 49.3 Å². The second kappa shape index (κ2) is 4.97. The van der Waals surface area contributed by atoms with Crippen LogP contribution in [0.2, 0.25) is 0 Å². The van der Waals surface area contributed by atoms with Crippen molar-refractivity contribution in [1.82, 2.24) is 5.32 Å². The van der Waals surface area contributed by atoms with Gasteiger partial charge >= 0.3 is 0 Å². The van der Waals surface area contributed by atoms with Gasteiger partial charge in [-0.15, -0.1) is 0 Å². The number of nitrogens with one attached hydrogen (secondary N) is 1. The van der Waals surface area contributed by atoms with E-state index in [1.165, 1.54) is 0 Å². The van der Waals surface area contributed by atoms with E-state index in [9.17, 15) is 9.90 Å². The van der Waals surface area contributed by atoms with Crippen molar-refractivity contribution in [2.75, 3.05) is 6.54 Å². The van der Waals surface area contributed by atoms with Crippen LogP contribution in [-0.4, -0.2) is 23.2 Å². The van der Waals surface area contributed by atoms with Gasteiger partial charge in [0.2, 0.25) is 0 Å². The predicted molar refractivity (Wildman–Crippen MR) is 67.5 cm³/mol. The average molecular weight is 286 g/mol. The molecule has 0 fully saturated rings. The first kappa shape index (κ1) is 13.2. The number of benzene rings is 1. The number of amides is 1. The lowest BCUT2D eigenvalue weighted by atomic mass is 10.1. The molecule has 1 aromatic rings. The maximum atomic E-state index is 11.8. The van der Waals surface area contributed by atoms with Crippen LogP contribution in [0, 0.1) is 6.92 Å². The summed E-state index contributed by atoms with van der Waals surface area (Å²) in [6.45, 7) is 5.46. The number of aliphatic hydroxyl groups is 1. The number of rotatable bonds is 3. The van der Waals surface area contributed by atoms with E-state index in [0.717, 1.165) is 10.0 Å². The van der Waals surface area contributed by atoms with Gasteiger partial charge in [0, 0.05) is 11.0 Å². The molecule has 0 saturated carbocycles. The van der Waals surface area contributed by atoms with E-state index in [4.69, 9.17) is 0 Å². The second-order valence-corrected chi connectivity index (χ2v) is 5.22. The van der Waals surface area contributed by atoms with E-state index in [0.29, 0.717) is 5.56 Å². The molecule has 0 aliphatic rings. The zero-order valence-corrected chi connectivity index (χ0v) is 11.3. The van der Waals surface area contributed by atoms with Gasteiger partial charge < -0.3 is 10.4 Å². The minimum Gasteiger partial charge on any atom is -0.389 e. The van der Waals surface area contributed by atoms with Crippen LogP contribution in [0.4, 0.5) is 0 Å². The third-order valence-electron chi connectivity index (χ3n) is 2.12. The Labute approximate surface area is 104 Å². The molecule has 1 aromatic carbocycles. The molecule has 1 amide bonds. The fraction of sp³-hybridized carbons (Fsp3) is 0.417. The van der Waals surface area contributed by atoms with Gasteiger partial charge in [-0.05, 0) is 48.3 Å². The molecule has 0 saturated heterocycles. The van der Waals surface area contributed by atoms with E-state index in [2.05, 4.69) is 21.2 Å². The van der Waals surface area contributed by atoms with Crippen LogP contribution in [0.25, 0.3) is 0 Å². The molecular formula is C12H16BrNO2. The van der Waals surface area contributed by atoms with Gasteiger partial charge in [0.1, 0.15) is 0 Å². The SMILES string of the molecule is Cc1cccc(C(=O)NCC(C)(C)O)c1Br. The van der Waals surface area contributed by atoms with Gasteiger partial charge in [-0.3, -0.25) is 4.79 Å². The minimum absolute atomic E-state index is 0.183. The van der Waals surface area contributed by atoms with Crippen LogP contribution >= 0.6 is 15.9 Å². The molecule has 3 nitrogen and oxygen atoms in total. The summed E-state index contributed by atoms with van der Waals surface area (Å²) in [6, 6.07) is 5.51. The monoisotopic (exact) mass is 285 g/mol. The molecule has 0 aliphatic carbocycles. The Balaban J connectivity index is 2.78. The first-order valence-electron chi connectivity index (χ1n) is 5.07. The molecular weight excluding hydrogens is 270 g/mol. The number of hydrogen-bond donors (Lipinski definition) is 2. The summed E-state index contributed by atoms with van der Waals surface area (Å²) in [4.78, 5) is 11.8. The Morgan fingerprint density at radius 3 is 2.69 bits per heavy atom. The first-order chi connectivity index (χ1) is 7.31. The van der Waals surface area contributed by atoms with Crippen LogP contribution < -0.4 is 5.32 Å². The van der Waals surface area contributed by atoms with Gasteiger partial charge in [-0.2, -0.15) is 0 Å². The Kier molecular flexibility index (Phi) is 4.10. The quantitative estimate of drug-likeness (QED) is 0.895. The molecule has 0 heterocycles. The van der Waals surface area contributed by atoms with Crippen molar-refractivity contribution >= 4 is 21.8 Å². The summed E-state index contributed by atoms with van der Waals surface area (Å²) in [5, 5.41) is 12.2. The Morgan fingerprint density at radius 1 is 1.50 bits per heavy atom. The van der Waals surface area contributed by atoms with E-state index < -0.39 is 5.60 Å². The van der Waals surface area contributed by atoms with Crippen LogP contribution in [0.3, 0.4) is 0 Å². The number of carbonyl (C=O) groups excluding carboxylic acids is 1. The molecule has 0 aliphatic heterocycles. The van der Waals surface area contributed by atoms with Crippen molar-refractivity contribution in [2.24, 2.45) is 0 Å². The van der Waals surface area contributed by atoms with Crippen LogP contribution in [0.15, 0.2) is 22.7 Å². The van der Waals surface area contributed by atoms with Crippen LogP contribution in [0.5, 0.6) is 0 Å². The Hall–Kier alpha value is -0.870. The third kappa shape index (κ3) is 3.61. The summed E-state index contributed by atoms with van der Waals surface area (Å²) in [5.74, 6) is -0.183. The molecule has 0 radical (unpaired) electrons. The molecule has 0 spiro atoms. The summed E-state index contributed by atoms with van der Waals surface area (Å²) in [6.07, 6.45) is 0. The fourth-order valence-electron chi connectivity index (χ4n) is 1.21. The van der Waals surface area contributed by atoms with Gasteiger partial charge in [-0.1, -0.05) is 12.1 Å². The van der Waals surface area contributed by atoms with E-state index in [1.807, 2.05) is 19.1 Å². The molecule has 16 heavy (non-hydrogen) atoms. The molecule has 0 bridgehead atoms. The van der Waals surface area contributed by atoms with Crippen molar-refractivity contribution in [3.63, 3.8) is 0 Å². The molecule has 0 atom stereocenters. The zero-order valence-electron chi connectivity index (χ0n) is 9.67. The van der Waals surface area contributed by atoms with E-state index in [-0.39, 0.29) is 12.5 Å². The van der Waals surface area contributed by atoms with Gasteiger partial charge in [0.05, 0.1) is 11.2 Å². The Morgan fingerprint density at radius 2 is 2.12 bits per heavy atom. The lowest BCUT2D eigenvalue weighted by molar-refractivity contribution is 0.0694. The summed E-state index contributed by atoms with van der Waals surface area (Å²) >= 11 is 3.38. The largest absolute Gasteiger partial charge is 0.389 e. The highest BCUT2D eigenvalue weighted by atomic mass is 79.9. The lowest BCUT2D eigenvalue weighted by Crippen LogP contribution is -2.38. The molecule has 2 N–H and O–H groups in total. The average Bonchev–Trinajstić information content (AvgIpc) is 2.17. The maximum absolute atomic E-state index is 11.8. The maximum Gasteiger partial charge on any atom is 0.252 e. The number of hydrogen-bond acceptors (Lipinski definition) is 2. The summed E-state index contributed by atoms with van der Waals surface area (Å²) < 4.78 is 0.795. The molecule has 4 heteroatoms. The van der Waals surface area contributed by atoms with E-state index >= 15 is 0 Å². The standard InChI is InChI=1S/C12H16BrNO2/c1-8-5-4-6-9(10(8)13)11(15)14-7-12(2,3)16/h4-6,16H,7H2,1-3H3,(H,14,15). The highest BCUT2D eigenvalue weighted by Gasteiger charge is 2.16. The lowest BCUT2D eigenvalue weighted by Gasteiger charge is -2.18. The minimum atomic E-state index is -0.897. The smallest absolute Gasteiger partial charge is 0.252 e. The van der Waals surface area contributed by atoms with Crippen molar-refractivity contribution in [3.8, 4) is 0 Å². The highest BCUT2D eigenvalue weighted by Crippen LogP contribution is 2.20. The van der Waals surface area contributed by atoms with Crippen LogP contribution in [-0.2, 0) is 0 Å². The number of carbonyl (C=O) groups is 1. The molecule has 0 unspecified atom stereocenters. The van der Waals surface area contributed by atoms with E-state index in [1.54, 1.807) is 19.9 Å². The highest BCUT2D eigenvalue weighted by molar-refractivity contribution is 9.10. The third-order valence-corrected chi connectivity index (χ3v) is 3.17. The van der Waals surface area contributed by atoms with Crippen LogP contribution in [0.1, 0.15) is 29.8 Å². The molecule has 0 aromatic heterocycles. The summed E-state index contributed by atoms with van der Waals surface area (Å²) in [5.41, 5.74) is 0.701. The second-order valence-electron chi connectivity index (χ2n) is 4.43.